The fraction of sp³-hybridized carbons (Fsp3) is 0.444. The summed E-state index contributed by atoms with van der Waals surface area (Å²) in [5, 5.41) is 3.22. The Labute approximate surface area is 145 Å². The number of carbonyl (C=O) groups excluding carboxylic acids is 2. The molecule has 1 heterocycles. The molecule has 2 rings (SSSR count). The van der Waals surface area contributed by atoms with Crippen molar-refractivity contribution in [3.63, 3.8) is 0 Å². The first kappa shape index (κ1) is 18.6. The van der Waals surface area contributed by atoms with Gasteiger partial charge in [-0.3, -0.25) is 14.4 Å². The minimum absolute atomic E-state index is 0.0308. The van der Waals surface area contributed by atoms with E-state index in [9.17, 15) is 14.4 Å². The lowest BCUT2D eigenvalue weighted by Crippen LogP contribution is -2.37. The predicted molar refractivity (Wildman–Crippen MR) is 94.1 cm³/mol. The molecule has 1 aromatic heterocycles. The van der Waals surface area contributed by atoms with Gasteiger partial charge in [-0.1, -0.05) is 26.0 Å². The maximum Gasteiger partial charge on any atom is 0.307 e. The number of nitrogens with one attached hydrogen (secondary N) is 2. The van der Waals surface area contributed by atoms with Crippen molar-refractivity contribution < 1.29 is 14.3 Å². The number of aromatic nitrogens is 2. The molecule has 0 spiro atoms. The molecule has 0 saturated carbocycles. The fourth-order valence-electron chi connectivity index (χ4n) is 2.23. The summed E-state index contributed by atoms with van der Waals surface area (Å²) in [5.74, 6) is -0.0949. The third kappa shape index (κ3) is 5.41. The number of para-hydroxylation sites is 1. The van der Waals surface area contributed by atoms with E-state index in [4.69, 9.17) is 4.74 Å². The smallest absolute Gasteiger partial charge is 0.307 e. The van der Waals surface area contributed by atoms with Crippen LogP contribution in [0.5, 0.6) is 0 Å². The van der Waals surface area contributed by atoms with Gasteiger partial charge < -0.3 is 15.0 Å². The molecular formula is C18H23N3O4. The van der Waals surface area contributed by atoms with Crippen LogP contribution in [0.1, 0.15) is 33.0 Å². The minimum atomic E-state index is -0.852. The van der Waals surface area contributed by atoms with Crippen LogP contribution in [-0.4, -0.2) is 34.5 Å². The summed E-state index contributed by atoms with van der Waals surface area (Å²) in [6, 6.07) is 7.00. The van der Waals surface area contributed by atoms with Gasteiger partial charge in [0.15, 0.2) is 6.10 Å². The number of carbonyl (C=O) groups is 2. The molecule has 0 bridgehead atoms. The van der Waals surface area contributed by atoms with Crippen molar-refractivity contribution in [3.8, 4) is 0 Å². The Kier molecular flexibility index (Phi) is 6.27. The Bertz CT molecular complexity index is 813. The molecule has 2 N–H and O–H groups in total. The van der Waals surface area contributed by atoms with Gasteiger partial charge in [0.2, 0.25) is 0 Å². The molecule has 1 amide bonds. The van der Waals surface area contributed by atoms with Crippen LogP contribution in [0, 0.1) is 5.92 Å². The first-order chi connectivity index (χ1) is 11.9. The molecule has 25 heavy (non-hydrogen) atoms. The Morgan fingerprint density at radius 3 is 2.68 bits per heavy atom. The lowest BCUT2D eigenvalue weighted by molar-refractivity contribution is -0.154. The topological polar surface area (TPSA) is 101 Å². The van der Waals surface area contributed by atoms with Crippen LogP contribution in [-0.2, 0) is 20.7 Å². The monoisotopic (exact) mass is 345 g/mol. The van der Waals surface area contributed by atoms with Crippen LogP contribution < -0.4 is 10.9 Å². The lowest BCUT2D eigenvalue weighted by atomic mass is 10.2. The lowest BCUT2D eigenvalue weighted by Gasteiger charge is -2.14. The Morgan fingerprint density at radius 2 is 1.96 bits per heavy atom. The Hall–Kier alpha value is -2.70. The standard InChI is InChI=1S/C18H23N3O4/c1-11(2)10-19-17(23)12(3)25-16(22)9-8-15-20-14-7-5-4-6-13(14)18(24)21-15/h4-7,11-12H,8-10H2,1-3H3,(H,19,23)(H,20,21,24)/t12-/m1/s1. The average molecular weight is 345 g/mol. The number of hydrogen-bond acceptors (Lipinski definition) is 5. The number of aromatic amines is 1. The molecule has 0 aliphatic rings. The summed E-state index contributed by atoms with van der Waals surface area (Å²) < 4.78 is 5.11. The fourth-order valence-corrected chi connectivity index (χ4v) is 2.23. The van der Waals surface area contributed by atoms with Crippen LogP contribution in [0.15, 0.2) is 29.1 Å². The van der Waals surface area contributed by atoms with Gasteiger partial charge >= 0.3 is 5.97 Å². The number of H-pyrrole nitrogens is 1. The molecule has 134 valence electrons. The molecule has 0 fully saturated rings. The number of fused-ring (bicyclic) bond motifs is 1. The number of rotatable bonds is 7. The summed E-state index contributed by atoms with van der Waals surface area (Å²) in [4.78, 5) is 42.7. The molecule has 0 aliphatic heterocycles. The zero-order valence-corrected chi connectivity index (χ0v) is 14.7. The molecule has 7 heteroatoms. The van der Waals surface area contributed by atoms with E-state index in [0.29, 0.717) is 29.2 Å². The van der Waals surface area contributed by atoms with Crippen molar-refractivity contribution >= 4 is 22.8 Å². The summed E-state index contributed by atoms with van der Waals surface area (Å²) in [7, 11) is 0. The van der Waals surface area contributed by atoms with Crippen LogP contribution in [0.2, 0.25) is 0 Å². The molecule has 0 aliphatic carbocycles. The highest BCUT2D eigenvalue weighted by molar-refractivity contribution is 5.83. The van der Waals surface area contributed by atoms with Gasteiger partial charge in [-0.15, -0.1) is 0 Å². The molecule has 0 radical (unpaired) electrons. The first-order valence-corrected chi connectivity index (χ1v) is 8.32. The highest BCUT2D eigenvalue weighted by atomic mass is 16.5. The second-order valence-corrected chi connectivity index (χ2v) is 6.30. The molecule has 0 unspecified atom stereocenters. The van der Waals surface area contributed by atoms with Crippen molar-refractivity contribution in [1.29, 1.82) is 0 Å². The number of hydrogen-bond donors (Lipinski definition) is 2. The van der Waals surface area contributed by atoms with Crippen molar-refractivity contribution in [2.45, 2.75) is 39.7 Å². The second kappa shape index (κ2) is 8.41. The summed E-state index contributed by atoms with van der Waals surface area (Å²) in [6.45, 7) is 6.02. The molecule has 1 aromatic carbocycles. The van der Waals surface area contributed by atoms with E-state index in [1.807, 2.05) is 13.8 Å². The van der Waals surface area contributed by atoms with Gasteiger partial charge in [-0.05, 0) is 25.0 Å². The van der Waals surface area contributed by atoms with Gasteiger partial charge in [0, 0.05) is 13.0 Å². The van der Waals surface area contributed by atoms with E-state index in [1.165, 1.54) is 6.92 Å². The minimum Gasteiger partial charge on any atom is -0.453 e. The highest BCUT2D eigenvalue weighted by Crippen LogP contribution is 2.07. The molecule has 7 nitrogen and oxygen atoms in total. The second-order valence-electron chi connectivity index (χ2n) is 6.30. The van der Waals surface area contributed by atoms with E-state index in [2.05, 4.69) is 15.3 Å². The highest BCUT2D eigenvalue weighted by Gasteiger charge is 2.18. The van der Waals surface area contributed by atoms with Crippen molar-refractivity contribution in [1.82, 2.24) is 15.3 Å². The summed E-state index contributed by atoms with van der Waals surface area (Å²) in [5.41, 5.74) is 0.339. The van der Waals surface area contributed by atoms with Gasteiger partial charge in [-0.25, -0.2) is 4.98 Å². The third-order valence-electron chi connectivity index (χ3n) is 3.59. The van der Waals surface area contributed by atoms with Crippen LogP contribution in [0.25, 0.3) is 10.9 Å². The van der Waals surface area contributed by atoms with Crippen molar-refractivity contribution in [3.05, 3.63) is 40.4 Å². The number of aryl methyl sites for hydroxylation is 1. The average Bonchev–Trinajstić information content (AvgIpc) is 2.57. The summed E-state index contributed by atoms with van der Waals surface area (Å²) >= 11 is 0. The van der Waals surface area contributed by atoms with Crippen LogP contribution in [0.3, 0.4) is 0 Å². The maximum atomic E-state index is 12.0. The zero-order valence-electron chi connectivity index (χ0n) is 14.7. The van der Waals surface area contributed by atoms with Gasteiger partial charge in [0.25, 0.3) is 11.5 Å². The van der Waals surface area contributed by atoms with Crippen LogP contribution >= 0.6 is 0 Å². The predicted octanol–water partition coefficient (Wildman–Crippen LogP) is 1.56. The largest absolute Gasteiger partial charge is 0.453 e. The molecule has 2 aromatic rings. The van der Waals surface area contributed by atoms with E-state index in [-0.39, 0.29) is 24.3 Å². The van der Waals surface area contributed by atoms with E-state index in [1.54, 1.807) is 24.3 Å². The zero-order chi connectivity index (χ0) is 18.4. The maximum absolute atomic E-state index is 12.0. The van der Waals surface area contributed by atoms with Crippen molar-refractivity contribution in [2.24, 2.45) is 5.92 Å². The van der Waals surface area contributed by atoms with E-state index in [0.717, 1.165) is 0 Å². The number of benzene rings is 1. The SMILES string of the molecule is CC(C)CNC(=O)[C@@H](C)OC(=O)CCc1nc2ccccc2c(=O)[nH]1. The normalized spacial score (nSPS) is 12.2. The van der Waals surface area contributed by atoms with E-state index >= 15 is 0 Å². The first-order valence-electron chi connectivity index (χ1n) is 8.32. The van der Waals surface area contributed by atoms with Gasteiger partial charge in [0.05, 0.1) is 17.3 Å². The van der Waals surface area contributed by atoms with Crippen molar-refractivity contribution in [2.75, 3.05) is 6.54 Å². The quantitative estimate of drug-likeness (QED) is 0.742. The number of esters is 1. The van der Waals surface area contributed by atoms with Gasteiger partial charge in [-0.2, -0.15) is 0 Å². The Balaban J connectivity index is 1.89. The molecule has 0 saturated heterocycles. The molecule has 1 atom stereocenters. The third-order valence-corrected chi connectivity index (χ3v) is 3.59. The van der Waals surface area contributed by atoms with Crippen LogP contribution in [0.4, 0.5) is 0 Å². The summed E-state index contributed by atoms with van der Waals surface area (Å²) in [6.07, 6.45) is -0.586. The Morgan fingerprint density at radius 1 is 1.24 bits per heavy atom. The molecular weight excluding hydrogens is 322 g/mol. The van der Waals surface area contributed by atoms with E-state index < -0.39 is 12.1 Å². The number of ether oxygens (including phenoxy) is 1. The van der Waals surface area contributed by atoms with Gasteiger partial charge in [0.1, 0.15) is 5.82 Å². The number of amides is 1. The number of nitrogens with zero attached hydrogens (tertiary/aromatic N) is 1.